The van der Waals surface area contributed by atoms with Gasteiger partial charge in [0.25, 0.3) is 5.91 Å². The number of nitrogens with zero attached hydrogens (tertiary/aromatic N) is 3. The molecule has 2 aliphatic heterocycles. The van der Waals surface area contributed by atoms with Gasteiger partial charge in [0.05, 0.1) is 6.54 Å². The lowest BCUT2D eigenvalue weighted by Crippen LogP contribution is -2.55. The van der Waals surface area contributed by atoms with Crippen LogP contribution in [0.4, 0.5) is 4.79 Å². The van der Waals surface area contributed by atoms with Gasteiger partial charge in [-0.2, -0.15) is 0 Å². The lowest BCUT2D eigenvalue weighted by molar-refractivity contribution is -0.147. The first-order chi connectivity index (χ1) is 12.8. The molecule has 4 amide bonds. The Labute approximate surface area is 157 Å². The number of hydrogen-bond acceptors (Lipinski definition) is 5. The topological polar surface area (TPSA) is 87.2 Å². The summed E-state index contributed by atoms with van der Waals surface area (Å²) in [4.78, 5) is 52.6. The summed E-state index contributed by atoms with van der Waals surface area (Å²) in [5.41, 5.74) is -0.110. The molecule has 0 atom stereocenters. The number of cyclic esters (lactones) is 1. The second-order valence-corrected chi connectivity index (χ2v) is 7.20. The minimum Gasteiger partial charge on any atom is -0.433 e. The third kappa shape index (κ3) is 4.10. The minimum atomic E-state index is -1.26. The quantitative estimate of drug-likeness (QED) is 0.757. The van der Waals surface area contributed by atoms with E-state index < -0.39 is 30.1 Å². The first-order valence-electron chi connectivity index (χ1n) is 8.92. The van der Waals surface area contributed by atoms with Crippen LogP contribution in [-0.4, -0.2) is 76.8 Å². The molecular weight excluding hydrogens is 350 g/mol. The average molecular weight is 373 g/mol. The fraction of sp³-hybridized carbons (Fsp3) is 0.474. The molecule has 2 heterocycles. The van der Waals surface area contributed by atoms with Crippen LogP contribution in [0.25, 0.3) is 0 Å². The molecule has 0 saturated carbocycles. The van der Waals surface area contributed by atoms with Crippen LogP contribution in [-0.2, 0) is 25.5 Å². The maximum absolute atomic E-state index is 12.4. The highest BCUT2D eigenvalue weighted by Crippen LogP contribution is 2.23. The highest BCUT2D eigenvalue weighted by atomic mass is 16.6. The smallest absolute Gasteiger partial charge is 0.418 e. The number of amides is 4. The van der Waals surface area contributed by atoms with Crippen LogP contribution in [0.2, 0.25) is 0 Å². The minimum absolute atomic E-state index is 0.0475. The van der Waals surface area contributed by atoms with Gasteiger partial charge in [0.1, 0.15) is 6.54 Å². The van der Waals surface area contributed by atoms with Gasteiger partial charge >= 0.3 is 6.09 Å². The van der Waals surface area contributed by atoms with Gasteiger partial charge in [-0.05, 0) is 25.8 Å². The Kier molecular flexibility index (Phi) is 5.16. The molecular formula is C19H23N3O5. The Morgan fingerprint density at radius 2 is 1.81 bits per heavy atom. The monoisotopic (exact) mass is 373 g/mol. The van der Waals surface area contributed by atoms with Crippen molar-refractivity contribution in [2.24, 2.45) is 0 Å². The van der Waals surface area contributed by atoms with E-state index in [1.807, 2.05) is 30.3 Å². The highest BCUT2D eigenvalue weighted by Gasteiger charge is 2.48. The zero-order valence-corrected chi connectivity index (χ0v) is 15.5. The van der Waals surface area contributed by atoms with Crippen LogP contribution >= 0.6 is 0 Å². The average Bonchev–Trinajstić information content (AvgIpc) is 2.83. The zero-order valence-electron chi connectivity index (χ0n) is 15.5. The van der Waals surface area contributed by atoms with E-state index in [9.17, 15) is 19.2 Å². The third-order valence-electron chi connectivity index (χ3n) is 4.80. The van der Waals surface area contributed by atoms with Crippen LogP contribution < -0.4 is 0 Å². The normalized spacial score (nSPS) is 19.5. The van der Waals surface area contributed by atoms with Crippen LogP contribution in [0, 0.1) is 0 Å². The summed E-state index contributed by atoms with van der Waals surface area (Å²) in [5, 5.41) is 0. The Hall–Kier alpha value is -2.90. The number of carbonyl (C=O) groups excluding carboxylic acids is 4. The van der Waals surface area contributed by atoms with E-state index in [1.54, 1.807) is 4.90 Å². The van der Waals surface area contributed by atoms with Gasteiger partial charge in [0.2, 0.25) is 11.8 Å². The van der Waals surface area contributed by atoms with Crippen LogP contribution in [0.15, 0.2) is 30.3 Å². The second kappa shape index (κ2) is 7.38. The van der Waals surface area contributed by atoms with Gasteiger partial charge < -0.3 is 14.5 Å². The van der Waals surface area contributed by atoms with Gasteiger partial charge in [-0.25, -0.2) is 9.69 Å². The maximum atomic E-state index is 12.4. The standard InChI is InChI=1S/C19H23N3O5/c1-19(2)17(25)22(18(26)27-19)13-16(24)21-11-10-20(15(23)12-21)9-8-14-6-4-3-5-7-14/h3-7H,8-13H2,1-2H3. The first kappa shape index (κ1) is 18.9. The van der Waals surface area contributed by atoms with Crippen molar-refractivity contribution in [2.75, 3.05) is 32.7 Å². The van der Waals surface area contributed by atoms with Crippen LogP contribution in [0.3, 0.4) is 0 Å². The zero-order chi connectivity index (χ0) is 19.6. The van der Waals surface area contributed by atoms with Crippen molar-refractivity contribution in [3.63, 3.8) is 0 Å². The maximum Gasteiger partial charge on any atom is 0.418 e. The summed E-state index contributed by atoms with van der Waals surface area (Å²) >= 11 is 0. The third-order valence-corrected chi connectivity index (χ3v) is 4.80. The predicted molar refractivity (Wildman–Crippen MR) is 95.6 cm³/mol. The molecule has 3 rings (SSSR count). The summed E-state index contributed by atoms with van der Waals surface area (Å²) in [6, 6.07) is 9.89. The van der Waals surface area contributed by atoms with Gasteiger partial charge in [0, 0.05) is 19.6 Å². The SMILES string of the molecule is CC1(C)OC(=O)N(CC(=O)N2CCN(CCc3ccccc3)C(=O)C2)C1=O. The summed E-state index contributed by atoms with van der Waals surface area (Å²) in [5.74, 6) is -1.12. The lowest BCUT2D eigenvalue weighted by Gasteiger charge is -2.34. The summed E-state index contributed by atoms with van der Waals surface area (Å²) in [6.07, 6.45) is -0.0739. The van der Waals surface area contributed by atoms with E-state index in [4.69, 9.17) is 4.74 Å². The van der Waals surface area contributed by atoms with Gasteiger partial charge in [-0.3, -0.25) is 14.4 Å². The molecule has 27 heavy (non-hydrogen) atoms. The summed E-state index contributed by atoms with van der Waals surface area (Å²) in [6.45, 7) is 3.91. The van der Waals surface area contributed by atoms with E-state index in [1.165, 1.54) is 18.7 Å². The fourth-order valence-corrected chi connectivity index (χ4v) is 3.16. The molecule has 0 aromatic heterocycles. The molecule has 0 bridgehead atoms. The molecule has 1 aromatic carbocycles. The number of benzene rings is 1. The van der Waals surface area contributed by atoms with Crippen molar-refractivity contribution in [1.29, 1.82) is 0 Å². The first-order valence-corrected chi connectivity index (χ1v) is 8.92. The number of rotatable bonds is 5. The number of ether oxygens (including phenoxy) is 1. The van der Waals surface area contributed by atoms with E-state index in [0.29, 0.717) is 19.6 Å². The van der Waals surface area contributed by atoms with Gasteiger partial charge in [-0.15, -0.1) is 0 Å². The molecule has 0 N–H and O–H groups in total. The van der Waals surface area contributed by atoms with E-state index in [2.05, 4.69) is 0 Å². The molecule has 144 valence electrons. The summed E-state index contributed by atoms with van der Waals surface area (Å²) in [7, 11) is 0. The Bertz CT molecular complexity index is 762. The number of hydrogen-bond donors (Lipinski definition) is 0. The largest absolute Gasteiger partial charge is 0.433 e. The summed E-state index contributed by atoms with van der Waals surface area (Å²) < 4.78 is 4.97. The molecule has 8 heteroatoms. The van der Waals surface area contributed by atoms with E-state index >= 15 is 0 Å². The van der Waals surface area contributed by atoms with E-state index in [0.717, 1.165) is 16.9 Å². The Balaban J connectivity index is 1.52. The fourth-order valence-electron chi connectivity index (χ4n) is 3.16. The number of piperazine rings is 1. The molecule has 2 saturated heterocycles. The molecule has 0 unspecified atom stereocenters. The van der Waals surface area contributed by atoms with Crippen LogP contribution in [0.1, 0.15) is 19.4 Å². The van der Waals surface area contributed by atoms with Crippen molar-refractivity contribution in [3.8, 4) is 0 Å². The van der Waals surface area contributed by atoms with Crippen molar-refractivity contribution in [3.05, 3.63) is 35.9 Å². The molecule has 2 aliphatic rings. The van der Waals surface area contributed by atoms with Crippen molar-refractivity contribution < 1.29 is 23.9 Å². The number of carbonyl (C=O) groups is 4. The Morgan fingerprint density at radius 3 is 2.41 bits per heavy atom. The Morgan fingerprint density at radius 1 is 1.11 bits per heavy atom. The van der Waals surface area contributed by atoms with Gasteiger partial charge in [-0.1, -0.05) is 30.3 Å². The number of imide groups is 1. The lowest BCUT2D eigenvalue weighted by atomic mass is 10.1. The van der Waals surface area contributed by atoms with Crippen molar-refractivity contribution in [2.45, 2.75) is 25.9 Å². The van der Waals surface area contributed by atoms with Crippen molar-refractivity contribution >= 4 is 23.8 Å². The van der Waals surface area contributed by atoms with Crippen molar-refractivity contribution in [1.82, 2.24) is 14.7 Å². The molecule has 2 fully saturated rings. The molecule has 0 aliphatic carbocycles. The molecule has 1 aromatic rings. The molecule has 8 nitrogen and oxygen atoms in total. The molecule has 0 radical (unpaired) electrons. The predicted octanol–water partition coefficient (Wildman–Crippen LogP) is 0.657. The molecule has 0 spiro atoms. The van der Waals surface area contributed by atoms with Crippen LogP contribution in [0.5, 0.6) is 0 Å². The highest BCUT2D eigenvalue weighted by molar-refractivity contribution is 6.05. The van der Waals surface area contributed by atoms with E-state index in [-0.39, 0.29) is 12.5 Å². The van der Waals surface area contributed by atoms with Gasteiger partial charge in [0.15, 0.2) is 5.60 Å². The second-order valence-electron chi connectivity index (χ2n) is 7.20.